The number of fused-ring (bicyclic) bond motifs is 2. The number of carbonyl (C=O) groups excluding carboxylic acids is 1. The molecule has 1 heterocycles. The Morgan fingerprint density at radius 2 is 2.35 bits per heavy atom. The molecule has 1 N–H and O–H groups in total. The zero-order chi connectivity index (χ0) is 14.3. The van der Waals surface area contributed by atoms with Crippen LogP contribution in [0.25, 0.3) is 0 Å². The molecule has 20 heavy (non-hydrogen) atoms. The van der Waals surface area contributed by atoms with Crippen LogP contribution in [0.5, 0.6) is 0 Å². The Bertz CT molecular complexity index is 513. The number of nitrogens with one attached hydrogen (secondary N) is 1. The van der Waals surface area contributed by atoms with E-state index in [2.05, 4.69) is 17.3 Å². The van der Waals surface area contributed by atoms with Crippen molar-refractivity contribution in [1.29, 1.82) is 0 Å². The fourth-order valence-electron chi connectivity index (χ4n) is 4.12. The molecule has 2 aliphatic rings. The molecule has 1 aromatic heterocycles. The number of hydrogen-bond acceptors (Lipinski definition) is 2. The average Bonchev–Trinajstić information content (AvgIpc) is 3.12. The largest absolute Gasteiger partial charge is 0.348 e. The molecule has 1 aromatic rings. The van der Waals surface area contributed by atoms with Crippen molar-refractivity contribution in [3.63, 3.8) is 0 Å². The van der Waals surface area contributed by atoms with E-state index in [1.807, 2.05) is 6.92 Å². The molecular weight excluding hydrogens is 274 g/mol. The average molecular weight is 296 g/mol. The van der Waals surface area contributed by atoms with E-state index in [0.717, 1.165) is 11.8 Å². The van der Waals surface area contributed by atoms with Gasteiger partial charge in [0, 0.05) is 12.6 Å². The van der Waals surface area contributed by atoms with Gasteiger partial charge in [0.1, 0.15) is 5.69 Å². The molecule has 5 heteroatoms. The second kappa shape index (κ2) is 5.40. The van der Waals surface area contributed by atoms with Gasteiger partial charge >= 0.3 is 0 Å². The Kier molecular flexibility index (Phi) is 3.76. The first kappa shape index (κ1) is 13.9. The van der Waals surface area contributed by atoms with Crippen molar-refractivity contribution < 1.29 is 4.79 Å². The van der Waals surface area contributed by atoms with Crippen LogP contribution in [0.3, 0.4) is 0 Å². The van der Waals surface area contributed by atoms with Crippen LogP contribution in [0.15, 0.2) is 6.20 Å². The molecule has 2 aliphatic carbocycles. The van der Waals surface area contributed by atoms with Gasteiger partial charge in [0.25, 0.3) is 5.91 Å². The fraction of sp³-hybridized carbons (Fsp3) is 0.733. The first-order valence-electron chi connectivity index (χ1n) is 7.62. The predicted octanol–water partition coefficient (Wildman–Crippen LogP) is 3.11. The van der Waals surface area contributed by atoms with Gasteiger partial charge in [-0.05, 0) is 50.9 Å². The summed E-state index contributed by atoms with van der Waals surface area (Å²) < 4.78 is 1.66. The summed E-state index contributed by atoms with van der Waals surface area (Å²) in [6.07, 6.45) is 6.90. The van der Waals surface area contributed by atoms with Crippen LogP contribution < -0.4 is 5.32 Å². The van der Waals surface area contributed by atoms with E-state index in [9.17, 15) is 4.79 Å². The van der Waals surface area contributed by atoms with Gasteiger partial charge in [-0.25, -0.2) is 0 Å². The maximum Gasteiger partial charge on any atom is 0.271 e. The van der Waals surface area contributed by atoms with Crippen LogP contribution in [0.2, 0.25) is 5.02 Å². The summed E-state index contributed by atoms with van der Waals surface area (Å²) in [4.78, 5) is 12.4. The third-order valence-electron chi connectivity index (χ3n) is 5.10. The standard InChI is InChI=1S/C15H22ClN3O/c1-3-19-14(13(16)8-17-19)15(20)18-9(2)12-7-10-4-5-11(12)6-10/h8-12H,3-7H2,1-2H3,(H,18,20)/t9-,10-,11-,12-/m0/s1. The minimum absolute atomic E-state index is 0.0929. The maximum absolute atomic E-state index is 12.4. The van der Waals surface area contributed by atoms with Gasteiger partial charge in [-0.1, -0.05) is 18.0 Å². The van der Waals surface area contributed by atoms with Crippen LogP contribution in [-0.4, -0.2) is 21.7 Å². The van der Waals surface area contributed by atoms with E-state index in [1.54, 1.807) is 10.9 Å². The van der Waals surface area contributed by atoms with Crippen molar-refractivity contribution in [3.8, 4) is 0 Å². The fourth-order valence-corrected chi connectivity index (χ4v) is 4.34. The number of carbonyl (C=O) groups is 1. The highest BCUT2D eigenvalue weighted by Gasteiger charge is 2.42. The van der Waals surface area contributed by atoms with E-state index >= 15 is 0 Å². The van der Waals surface area contributed by atoms with Gasteiger partial charge in [0.2, 0.25) is 0 Å². The van der Waals surface area contributed by atoms with Crippen molar-refractivity contribution >= 4 is 17.5 Å². The molecule has 0 radical (unpaired) electrons. The Hall–Kier alpha value is -1.03. The molecular formula is C15H22ClN3O. The van der Waals surface area contributed by atoms with Crippen molar-refractivity contribution in [2.45, 2.75) is 52.1 Å². The molecule has 2 fully saturated rings. The minimum Gasteiger partial charge on any atom is -0.348 e. The zero-order valence-corrected chi connectivity index (χ0v) is 12.9. The highest BCUT2D eigenvalue weighted by atomic mass is 35.5. The third-order valence-corrected chi connectivity index (χ3v) is 5.38. The summed E-state index contributed by atoms with van der Waals surface area (Å²) in [5, 5.41) is 7.70. The van der Waals surface area contributed by atoms with Crippen LogP contribution in [-0.2, 0) is 6.54 Å². The van der Waals surface area contributed by atoms with Gasteiger partial charge in [0.15, 0.2) is 0 Å². The van der Waals surface area contributed by atoms with Crippen molar-refractivity contribution in [2.24, 2.45) is 17.8 Å². The molecule has 0 aliphatic heterocycles. The smallest absolute Gasteiger partial charge is 0.271 e. The molecule has 4 atom stereocenters. The molecule has 0 unspecified atom stereocenters. The summed E-state index contributed by atoms with van der Waals surface area (Å²) in [5.41, 5.74) is 0.490. The van der Waals surface area contributed by atoms with Crippen molar-refractivity contribution in [2.75, 3.05) is 0 Å². The van der Waals surface area contributed by atoms with Gasteiger partial charge in [0.05, 0.1) is 11.2 Å². The van der Waals surface area contributed by atoms with E-state index in [-0.39, 0.29) is 11.9 Å². The van der Waals surface area contributed by atoms with Crippen molar-refractivity contribution in [3.05, 3.63) is 16.9 Å². The molecule has 1 amide bonds. The molecule has 3 rings (SSSR count). The highest BCUT2D eigenvalue weighted by Crippen LogP contribution is 2.49. The molecule has 110 valence electrons. The number of halogens is 1. The summed E-state index contributed by atoms with van der Waals surface area (Å²) in [6, 6.07) is 0.217. The van der Waals surface area contributed by atoms with Gasteiger partial charge in [-0.3, -0.25) is 9.48 Å². The zero-order valence-electron chi connectivity index (χ0n) is 12.1. The molecule has 0 aromatic carbocycles. The van der Waals surface area contributed by atoms with E-state index in [0.29, 0.717) is 23.2 Å². The number of hydrogen-bond donors (Lipinski definition) is 1. The minimum atomic E-state index is -0.0929. The molecule has 0 saturated heterocycles. The second-order valence-corrected chi connectivity index (χ2v) is 6.66. The number of amides is 1. The Labute approximate surface area is 124 Å². The van der Waals surface area contributed by atoms with E-state index < -0.39 is 0 Å². The van der Waals surface area contributed by atoms with Crippen LogP contribution >= 0.6 is 11.6 Å². The van der Waals surface area contributed by atoms with Crippen molar-refractivity contribution in [1.82, 2.24) is 15.1 Å². The lowest BCUT2D eigenvalue weighted by atomic mass is 9.84. The number of rotatable bonds is 4. The summed E-state index contributed by atoms with van der Waals surface area (Å²) in [6.45, 7) is 4.74. The summed E-state index contributed by atoms with van der Waals surface area (Å²) in [7, 11) is 0. The Morgan fingerprint density at radius 1 is 1.55 bits per heavy atom. The summed E-state index contributed by atoms with van der Waals surface area (Å²) >= 11 is 6.08. The number of nitrogens with zero attached hydrogens (tertiary/aromatic N) is 2. The molecule has 4 nitrogen and oxygen atoms in total. The molecule has 0 spiro atoms. The number of aromatic nitrogens is 2. The lowest BCUT2D eigenvalue weighted by molar-refractivity contribution is 0.0904. The topological polar surface area (TPSA) is 46.9 Å². The van der Waals surface area contributed by atoms with Crippen LogP contribution in [0, 0.1) is 17.8 Å². The Morgan fingerprint density at radius 3 is 2.95 bits per heavy atom. The second-order valence-electron chi connectivity index (χ2n) is 6.26. The first-order valence-corrected chi connectivity index (χ1v) is 8.00. The van der Waals surface area contributed by atoms with Gasteiger partial charge < -0.3 is 5.32 Å². The normalized spacial score (nSPS) is 29.6. The molecule has 2 saturated carbocycles. The van der Waals surface area contributed by atoms with Gasteiger partial charge in [-0.15, -0.1) is 0 Å². The number of aryl methyl sites for hydroxylation is 1. The predicted molar refractivity (Wildman–Crippen MR) is 78.8 cm³/mol. The lowest BCUT2D eigenvalue weighted by Crippen LogP contribution is -2.41. The molecule has 2 bridgehead atoms. The highest BCUT2D eigenvalue weighted by molar-refractivity contribution is 6.33. The van der Waals surface area contributed by atoms with E-state index in [1.165, 1.54) is 25.7 Å². The SMILES string of the molecule is CCn1ncc(Cl)c1C(=O)N[C@@H](C)[C@@H]1C[C@H]2CC[C@H]1C2. The third kappa shape index (κ3) is 2.34. The van der Waals surface area contributed by atoms with Gasteiger partial charge in [-0.2, -0.15) is 5.10 Å². The summed E-state index contributed by atoms with van der Waals surface area (Å²) in [5.74, 6) is 2.25. The first-order chi connectivity index (χ1) is 9.60. The monoisotopic (exact) mass is 295 g/mol. The van der Waals surface area contributed by atoms with Crippen LogP contribution in [0.1, 0.15) is 50.0 Å². The Balaban J connectivity index is 1.68. The van der Waals surface area contributed by atoms with E-state index in [4.69, 9.17) is 11.6 Å². The maximum atomic E-state index is 12.4. The van der Waals surface area contributed by atoms with Crippen LogP contribution in [0.4, 0.5) is 0 Å². The quantitative estimate of drug-likeness (QED) is 0.928. The lowest BCUT2D eigenvalue weighted by Gasteiger charge is -2.28.